The molecule has 0 amide bonds. The van der Waals surface area contributed by atoms with Gasteiger partial charge in [0.15, 0.2) is 0 Å². The van der Waals surface area contributed by atoms with Gasteiger partial charge in [-0.2, -0.15) is 0 Å². The second-order valence-electron chi connectivity index (χ2n) is 18.9. The van der Waals surface area contributed by atoms with Crippen molar-refractivity contribution < 1.29 is 20.1 Å². The number of hydrogen-bond donors (Lipinski definition) is 3. The molecular formula is C40H70O4. The summed E-state index contributed by atoms with van der Waals surface area (Å²) < 4.78 is 6.58. The number of fused-ring (bicyclic) bond motifs is 2. The molecule has 4 fully saturated rings. The standard InChI is InChI=1S/C40H70O4/c1-12-35(7,24-16-31-36(8)22-14-20-33(3,4)29(36)17-25-38(31,10)41)44-28-40(43,13-2)27-19-32-37(9)23-15-21-34(5,6)30(37)18-26-39(32,11)42/h12-13,29-32,41-43H,1-2,14-28H2,3-11H3/t29?,30?,31?,32?,35?,36-,37-,38+,39+,40?/m0/s1. The molecule has 0 aliphatic heterocycles. The molecule has 4 rings (SSSR count). The van der Waals surface area contributed by atoms with E-state index < -0.39 is 22.4 Å². The Bertz CT molecular complexity index is 960. The van der Waals surface area contributed by atoms with E-state index >= 15 is 0 Å². The highest BCUT2D eigenvalue weighted by atomic mass is 16.5. The molecule has 254 valence electrons. The molecule has 4 heteroatoms. The molecule has 10 atom stereocenters. The molecular weight excluding hydrogens is 544 g/mol. The summed E-state index contributed by atoms with van der Waals surface area (Å²) in [6, 6.07) is 0. The second kappa shape index (κ2) is 12.1. The number of rotatable bonds is 11. The van der Waals surface area contributed by atoms with Crippen molar-refractivity contribution in [1.29, 1.82) is 0 Å². The molecule has 4 saturated carbocycles. The third-order valence-corrected chi connectivity index (χ3v) is 14.8. The highest BCUT2D eigenvalue weighted by Gasteiger charge is 2.59. The van der Waals surface area contributed by atoms with E-state index in [0.717, 1.165) is 51.4 Å². The van der Waals surface area contributed by atoms with Crippen LogP contribution in [0.3, 0.4) is 0 Å². The van der Waals surface area contributed by atoms with E-state index in [0.29, 0.717) is 23.7 Å². The first kappa shape index (κ1) is 36.2. The Morgan fingerprint density at radius 2 is 1.11 bits per heavy atom. The first-order valence-corrected chi connectivity index (χ1v) is 18.2. The van der Waals surface area contributed by atoms with Crippen molar-refractivity contribution in [2.45, 2.75) is 175 Å². The van der Waals surface area contributed by atoms with Gasteiger partial charge in [0.25, 0.3) is 0 Å². The highest BCUT2D eigenvalue weighted by Crippen LogP contribution is 2.64. The van der Waals surface area contributed by atoms with Crippen LogP contribution in [-0.2, 0) is 4.74 Å². The smallest absolute Gasteiger partial charge is 0.106 e. The lowest BCUT2D eigenvalue weighted by Crippen LogP contribution is -2.58. The molecule has 0 radical (unpaired) electrons. The molecule has 4 aliphatic rings. The molecule has 0 aromatic carbocycles. The lowest BCUT2D eigenvalue weighted by molar-refractivity contribution is -0.177. The molecule has 0 saturated heterocycles. The molecule has 3 N–H and O–H groups in total. The second-order valence-corrected chi connectivity index (χ2v) is 18.9. The largest absolute Gasteiger partial charge is 0.390 e. The summed E-state index contributed by atoms with van der Waals surface area (Å²) in [5.74, 6) is 1.51. The van der Waals surface area contributed by atoms with Crippen LogP contribution in [-0.4, -0.2) is 44.3 Å². The van der Waals surface area contributed by atoms with Crippen molar-refractivity contribution in [2.24, 2.45) is 45.3 Å². The zero-order chi connectivity index (χ0) is 33.0. The topological polar surface area (TPSA) is 69.9 Å². The maximum absolute atomic E-state index is 11.8. The molecule has 0 bridgehead atoms. The Labute approximate surface area is 271 Å². The van der Waals surface area contributed by atoms with Gasteiger partial charge in [-0.25, -0.2) is 0 Å². The molecule has 0 heterocycles. The Balaban J connectivity index is 1.44. The van der Waals surface area contributed by atoms with Crippen LogP contribution < -0.4 is 0 Å². The Kier molecular flexibility index (Phi) is 9.93. The van der Waals surface area contributed by atoms with Crippen LogP contribution in [0.4, 0.5) is 0 Å². The van der Waals surface area contributed by atoms with Crippen LogP contribution in [0.25, 0.3) is 0 Å². The number of ether oxygens (including phenoxy) is 1. The lowest BCUT2D eigenvalue weighted by Gasteiger charge is -2.61. The van der Waals surface area contributed by atoms with Gasteiger partial charge in [0.05, 0.1) is 23.4 Å². The van der Waals surface area contributed by atoms with E-state index in [2.05, 4.69) is 68.5 Å². The third kappa shape index (κ3) is 6.67. The van der Waals surface area contributed by atoms with Crippen LogP contribution in [0.2, 0.25) is 0 Å². The fourth-order valence-electron chi connectivity index (χ4n) is 12.1. The first-order chi connectivity index (χ1) is 20.1. The van der Waals surface area contributed by atoms with Gasteiger partial charge in [-0.3, -0.25) is 0 Å². The fraction of sp³-hybridized carbons (Fsp3) is 0.900. The quantitative estimate of drug-likeness (QED) is 0.203. The summed E-state index contributed by atoms with van der Waals surface area (Å²) >= 11 is 0. The van der Waals surface area contributed by atoms with Crippen LogP contribution in [0, 0.1) is 45.3 Å². The molecule has 4 nitrogen and oxygen atoms in total. The minimum Gasteiger partial charge on any atom is -0.390 e. The van der Waals surface area contributed by atoms with E-state index in [1.165, 1.54) is 32.1 Å². The molecule has 44 heavy (non-hydrogen) atoms. The van der Waals surface area contributed by atoms with Crippen molar-refractivity contribution in [3.8, 4) is 0 Å². The van der Waals surface area contributed by atoms with Crippen LogP contribution in [0.5, 0.6) is 0 Å². The molecule has 0 spiro atoms. The average molecular weight is 615 g/mol. The number of aliphatic hydroxyl groups is 3. The van der Waals surface area contributed by atoms with Gasteiger partial charge in [0.1, 0.15) is 5.60 Å². The zero-order valence-electron chi connectivity index (χ0n) is 30.2. The van der Waals surface area contributed by atoms with Gasteiger partial charge < -0.3 is 20.1 Å². The summed E-state index contributed by atoms with van der Waals surface area (Å²) in [5.41, 5.74) is -2.51. The maximum atomic E-state index is 11.8. The molecule has 6 unspecified atom stereocenters. The van der Waals surface area contributed by atoms with Crippen LogP contribution in [0.1, 0.15) is 152 Å². The summed E-state index contributed by atoms with van der Waals surface area (Å²) in [4.78, 5) is 0. The summed E-state index contributed by atoms with van der Waals surface area (Å²) in [6.07, 6.45) is 17.5. The fourth-order valence-corrected chi connectivity index (χ4v) is 12.1. The molecule has 4 aliphatic carbocycles. The van der Waals surface area contributed by atoms with Gasteiger partial charge in [-0.05, 0) is 143 Å². The summed E-state index contributed by atoms with van der Waals surface area (Å²) in [5, 5.41) is 35.2. The zero-order valence-corrected chi connectivity index (χ0v) is 30.2. The Hall–Kier alpha value is -0.680. The SMILES string of the molecule is C=CC(O)(CCC1[C@@]2(C)CCCC(C)(C)C2CC[C@@]1(C)O)COC(C)(C=C)CCC1[C@@]2(C)CCCC(C)(C)C2CC[C@@]1(C)O. The van der Waals surface area contributed by atoms with E-state index in [4.69, 9.17) is 4.74 Å². The van der Waals surface area contributed by atoms with Crippen molar-refractivity contribution in [1.82, 2.24) is 0 Å². The van der Waals surface area contributed by atoms with Gasteiger partial charge in [0, 0.05) is 0 Å². The Morgan fingerprint density at radius 1 is 0.682 bits per heavy atom. The minimum absolute atomic E-state index is 0.0562. The van der Waals surface area contributed by atoms with Gasteiger partial charge in [-0.1, -0.05) is 66.5 Å². The summed E-state index contributed by atoms with van der Waals surface area (Å²) in [7, 11) is 0. The van der Waals surface area contributed by atoms with Crippen molar-refractivity contribution in [3.63, 3.8) is 0 Å². The first-order valence-electron chi connectivity index (χ1n) is 18.2. The van der Waals surface area contributed by atoms with E-state index in [9.17, 15) is 15.3 Å². The van der Waals surface area contributed by atoms with Crippen LogP contribution >= 0.6 is 0 Å². The maximum Gasteiger partial charge on any atom is 0.106 e. The molecule has 0 aromatic rings. The van der Waals surface area contributed by atoms with E-state index in [1.54, 1.807) is 6.08 Å². The van der Waals surface area contributed by atoms with Gasteiger partial charge in [0.2, 0.25) is 0 Å². The summed E-state index contributed by atoms with van der Waals surface area (Å²) in [6.45, 7) is 29.0. The molecule has 0 aromatic heterocycles. The van der Waals surface area contributed by atoms with Gasteiger partial charge in [-0.15, -0.1) is 13.2 Å². The van der Waals surface area contributed by atoms with E-state index in [-0.39, 0.29) is 34.7 Å². The van der Waals surface area contributed by atoms with Crippen molar-refractivity contribution in [2.75, 3.05) is 6.61 Å². The predicted molar refractivity (Wildman–Crippen MR) is 183 cm³/mol. The lowest BCUT2D eigenvalue weighted by atomic mass is 9.45. The monoisotopic (exact) mass is 615 g/mol. The normalized spacial score (nSPS) is 44.4. The van der Waals surface area contributed by atoms with Crippen molar-refractivity contribution >= 4 is 0 Å². The predicted octanol–water partition coefficient (Wildman–Crippen LogP) is 9.41. The minimum atomic E-state index is -1.19. The van der Waals surface area contributed by atoms with Gasteiger partial charge >= 0.3 is 0 Å². The highest BCUT2D eigenvalue weighted by molar-refractivity contribution is 5.10. The van der Waals surface area contributed by atoms with Crippen LogP contribution in [0.15, 0.2) is 25.3 Å². The number of hydrogen-bond acceptors (Lipinski definition) is 4. The van der Waals surface area contributed by atoms with Crippen molar-refractivity contribution in [3.05, 3.63) is 25.3 Å². The van der Waals surface area contributed by atoms with E-state index in [1.807, 2.05) is 13.0 Å². The average Bonchev–Trinajstić information content (AvgIpc) is 2.89. The third-order valence-electron chi connectivity index (χ3n) is 14.8. The Morgan fingerprint density at radius 3 is 1.52 bits per heavy atom.